The van der Waals surface area contributed by atoms with Crippen molar-refractivity contribution in [3.63, 3.8) is 0 Å². The summed E-state index contributed by atoms with van der Waals surface area (Å²) in [5.41, 5.74) is 2.90. The van der Waals surface area contributed by atoms with Crippen molar-refractivity contribution < 1.29 is 13.9 Å². The first-order valence-corrected chi connectivity index (χ1v) is 11.5. The summed E-state index contributed by atoms with van der Waals surface area (Å²) in [7, 11) is 0. The summed E-state index contributed by atoms with van der Waals surface area (Å²) >= 11 is 0. The van der Waals surface area contributed by atoms with Crippen molar-refractivity contribution in [1.82, 2.24) is 9.78 Å². The Kier molecular flexibility index (Phi) is 6.12. The van der Waals surface area contributed by atoms with Gasteiger partial charge in [0.25, 0.3) is 0 Å². The quantitative estimate of drug-likeness (QED) is 0.313. The number of ketones is 1. The summed E-state index contributed by atoms with van der Waals surface area (Å²) < 4.78 is 20.7. The van der Waals surface area contributed by atoms with Gasteiger partial charge in [0, 0.05) is 6.42 Å². The number of Topliss-reactive ketones (excluding diaryl/α,β-unsaturated/α-hetero) is 1. The zero-order valence-corrected chi connectivity index (χ0v) is 18.9. The van der Waals surface area contributed by atoms with Crippen LogP contribution >= 0.6 is 0 Å². The van der Waals surface area contributed by atoms with Gasteiger partial charge in [0.1, 0.15) is 23.1 Å². The highest BCUT2D eigenvalue weighted by Gasteiger charge is 2.29. The van der Waals surface area contributed by atoms with Crippen LogP contribution in [0.15, 0.2) is 85.1 Å². The second-order valence-corrected chi connectivity index (χ2v) is 8.67. The molecule has 0 amide bonds. The maximum atomic E-state index is 13.1. The number of halogens is 1. The summed E-state index contributed by atoms with van der Waals surface area (Å²) in [5.74, 6) is 1.82. The molecule has 2 unspecified atom stereocenters. The Balaban J connectivity index is 1.23. The van der Waals surface area contributed by atoms with Gasteiger partial charge in [-0.05, 0) is 67.3 Å². The molecule has 0 spiro atoms. The number of anilines is 1. The Morgan fingerprint density at radius 1 is 1.03 bits per heavy atom. The molecule has 5 nitrogen and oxygen atoms in total. The molecule has 2 atom stereocenters. The van der Waals surface area contributed by atoms with Crippen LogP contribution in [0.4, 0.5) is 10.2 Å². The SMILES string of the molecule is CC1CC(c2ccccc2)Nc2c(C(=O)CCc3ccc(Oc4ccc(F)cc4)cc3)cnn21. The lowest BCUT2D eigenvalue weighted by molar-refractivity contribution is 0.0983. The van der Waals surface area contributed by atoms with Crippen LogP contribution in [-0.2, 0) is 6.42 Å². The number of carbonyl (C=O) groups excluding carboxylic acids is 1. The van der Waals surface area contributed by atoms with Gasteiger partial charge in [0.05, 0.1) is 23.8 Å². The number of nitrogens with one attached hydrogen (secondary N) is 1. The number of aryl methyl sites for hydroxylation is 1. The molecule has 0 aliphatic carbocycles. The lowest BCUT2D eigenvalue weighted by atomic mass is 9.97. The minimum atomic E-state index is -0.299. The summed E-state index contributed by atoms with van der Waals surface area (Å²) in [4.78, 5) is 13.1. The van der Waals surface area contributed by atoms with Crippen LogP contribution in [0.5, 0.6) is 11.5 Å². The number of rotatable bonds is 7. The smallest absolute Gasteiger partial charge is 0.168 e. The lowest BCUT2D eigenvalue weighted by Crippen LogP contribution is -2.26. The molecule has 2 heterocycles. The fourth-order valence-electron chi connectivity index (χ4n) is 4.37. The summed E-state index contributed by atoms with van der Waals surface area (Å²) in [6.45, 7) is 2.14. The van der Waals surface area contributed by atoms with Crippen molar-refractivity contribution in [3.05, 3.63) is 108 Å². The third kappa shape index (κ3) is 4.71. The van der Waals surface area contributed by atoms with E-state index >= 15 is 0 Å². The maximum Gasteiger partial charge on any atom is 0.168 e. The van der Waals surface area contributed by atoms with Crippen molar-refractivity contribution in [3.8, 4) is 11.5 Å². The first-order chi connectivity index (χ1) is 16.6. The Labute approximate surface area is 198 Å². The summed E-state index contributed by atoms with van der Waals surface area (Å²) in [6.07, 6.45) is 3.62. The number of nitrogens with zero attached hydrogens (tertiary/aromatic N) is 2. The van der Waals surface area contributed by atoms with Gasteiger partial charge in [-0.3, -0.25) is 4.79 Å². The van der Waals surface area contributed by atoms with Crippen molar-refractivity contribution >= 4 is 11.6 Å². The number of hydrogen-bond acceptors (Lipinski definition) is 4. The molecule has 4 aromatic rings. The Morgan fingerprint density at radius 2 is 1.71 bits per heavy atom. The fourth-order valence-corrected chi connectivity index (χ4v) is 4.37. The first-order valence-electron chi connectivity index (χ1n) is 11.5. The molecule has 6 heteroatoms. The number of hydrogen-bond donors (Lipinski definition) is 1. The predicted molar refractivity (Wildman–Crippen MR) is 130 cm³/mol. The van der Waals surface area contributed by atoms with Gasteiger partial charge in [-0.25, -0.2) is 9.07 Å². The molecule has 1 aliphatic heterocycles. The van der Waals surface area contributed by atoms with Crippen molar-refractivity contribution in [2.75, 3.05) is 5.32 Å². The molecule has 0 saturated heterocycles. The molecule has 1 aliphatic rings. The van der Waals surface area contributed by atoms with Gasteiger partial charge in [0.15, 0.2) is 5.78 Å². The van der Waals surface area contributed by atoms with Gasteiger partial charge in [0.2, 0.25) is 0 Å². The summed E-state index contributed by atoms with van der Waals surface area (Å²) in [5, 5.41) is 8.04. The second kappa shape index (κ2) is 9.51. The van der Waals surface area contributed by atoms with Crippen molar-refractivity contribution in [1.29, 1.82) is 0 Å². The van der Waals surface area contributed by atoms with E-state index in [1.807, 2.05) is 47.1 Å². The molecule has 0 fully saturated rings. The van der Waals surface area contributed by atoms with Crippen LogP contribution in [0.25, 0.3) is 0 Å². The number of carbonyl (C=O) groups is 1. The number of ether oxygens (including phenoxy) is 1. The van der Waals surface area contributed by atoms with E-state index in [9.17, 15) is 9.18 Å². The van der Waals surface area contributed by atoms with E-state index in [1.54, 1.807) is 18.3 Å². The monoisotopic (exact) mass is 455 g/mol. The van der Waals surface area contributed by atoms with E-state index < -0.39 is 0 Å². The highest BCUT2D eigenvalue weighted by molar-refractivity contribution is 6.00. The molecule has 1 N–H and O–H groups in total. The minimum Gasteiger partial charge on any atom is -0.457 e. The van der Waals surface area contributed by atoms with Gasteiger partial charge >= 0.3 is 0 Å². The largest absolute Gasteiger partial charge is 0.457 e. The van der Waals surface area contributed by atoms with E-state index in [0.29, 0.717) is 29.9 Å². The lowest BCUT2D eigenvalue weighted by Gasteiger charge is -2.31. The molecule has 0 bridgehead atoms. The molecule has 0 saturated carbocycles. The molecule has 1 aromatic heterocycles. The number of aromatic nitrogens is 2. The predicted octanol–water partition coefficient (Wildman–Crippen LogP) is 6.75. The standard InChI is InChI=1S/C28H26FN3O2/c1-19-17-26(21-5-3-2-4-6-21)31-28-25(18-30-32(19)28)27(33)16-9-20-7-12-23(13-8-20)34-24-14-10-22(29)11-15-24/h2-8,10-15,18-19,26,31H,9,16-17H2,1H3. The Bertz CT molecular complexity index is 1270. The van der Waals surface area contributed by atoms with Gasteiger partial charge in [-0.2, -0.15) is 5.10 Å². The topological polar surface area (TPSA) is 56.1 Å². The molecule has 3 aromatic carbocycles. The van der Waals surface area contributed by atoms with Gasteiger partial charge < -0.3 is 10.1 Å². The number of benzene rings is 3. The molecule has 5 rings (SSSR count). The van der Waals surface area contributed by atoms with Crippen LogP contribution in [0.3, 0.4) is 0 Å². The molecule has 172 valence electrons. The van der Waals surface area contributed by atoms with Crippen LogP contribution in [0.2, 0.25) is 0 Å². The van der Waals surface area contributed by atoms with E-state index in [2.05, 4.69) is 29.5 Å². The van der Waals surface area contributed by atoms with Gasteiger partial charge in [-0.15, -0.1) is 0 Å². The maximum absolute atomic E-state index is 13.1. The third-order valence-corrected chi connectivity index (χ3v) is 6.22. The van der Waals surface area contributed by atoms with Crippen LogP contribution in [0.1, 0.15) is 53.3 Å². The first kappa shape index (κ1) is 21.9. The van der Waals surface area contributed by atoms with E-state index in [-0.39, 0.29) is 23.7 Å². The van der Waals surface area contributed by atoms with Crippen LogP contribution < -0.4 is 10.1 Å². The molecular weight excluding hydrogens is 429 g/mol. The average Bonchev–Trinajstić information content (AvgIpc) is 3.30. The molecular formula is C28H26FN3O2. The highest BCUT2D eigenvalue weighted by atomic mass is 19.1. The average molecular weight is 456 g/mol. The zero-order chi connectivity index (χ0) is 23.5. The normalized spacial score (nSPS) is 17.0. The van der Waals surface area contributed by atoms with Gasteiger partial charge in [-0.1, -0.05) is 42.5 Å². The number of fused-ring (bicyclic) bond motifs is 1. The van der Waals surface area contributed by atoms with E-state index in [0.717, 1.165) is 17.8 Å². The van der Waals surface area contributed by atoms with Crippen molar-refractivity contribution in [2.45, 2.75) is 38.3 Å². The Morgan fingerprint density at radius 3 is 2.41 bits per heavy atom. The molecule has 0 radical (unpaired) electrons. The van der Waals surface area contributed by atoms with Crippen LogP contribution in [-0.4, -0.2) is 15.6 Å². The zero-order valence-electron chi connectivity index (χ0n) is 18.9. The third-order valence-electron chi connectivity index (χ3n) is 6.22. The minimum absolute atomic E-state index is 0.0706. The fraction of sp³-hybridized carbons (Fsp3) is 0.214. The summed E-state index contributed by atoms with van der Waals surface area (Å²) in [6, 6.07) is 24.2. The second-order valence-electron chi connectivity index (χ2n) is 8.67. The van der Waals surface area contributed by atoms with Crippen LogP contribution in [0, 0.1) is 5.82 Å². The molecule has 34 heavy (non-hydrogen) atoms. The van der Waals surface area contributed by atoms with E-state index in [1.165, 1.54) is 17.7 Å². The van der Waals surface area contributed by atoms with E-state index in [4.69, 9.17) is 4.74 Å². The Hall–Kier alpha value is -3.93. The highest BCUT2D eigenvalue weighted by Crippen LogP contribution is 2.36. The van der Waals surface area contributed by atoms with Crippen molar-refractivity contribution in [2.24, 2.45) is 0 Å².